The molecule has 2 aliphatic heterocycles. The van der Waals surface area contributed by atoms with Crippen molar-refractivity contribution in [3.05, 3.63) is 23.5 Å². The Morgan fingerprint density at radius 3 is 2.67 bits per heavy atom. The minimum atomic E-state index is -0.882. The number of carboxylic acids is 1. The van der Waals surface area contributed by atoms with Gasteiger partial charge in [0, 0.05) is 39.3 Å². The second kappa shape index (κ2) is 5.88. The van der Waals surface area contributed by atoms with Gasteiger partial charge in [0.25, 0.3) is 0 Å². The van der Waals surface area contributed by atoms with E-state index in [4.69, 9.17) is 10.2 Å². The lowest BCUT2D eigenvalue weighted by molar-refractivity contribution is -0.132. The van der Waals surface area contributed by atoms with Crippen LogP contribution >= 0.6 is 0 Å². The van der Waals surface area contributed by atoms with Crippen molar-refractivity contribution >= 4 is 5.97 Å². The first-order chi connectivity index (χ1) is 8.70. The summed E-state index contributed by atoms with van der Waals surface area (Å²) in [5.74, 6) is 0.00599. The molecule has 0 aromatic carbocycles. The largest absolute Gasteiger partial charge is 0.478 e. The normalized spacial score (nSPS) is 21.1. The van der Waals surface area contributed by atoms with Gasteiger partial charge in [0.1, 0.15) is 5.82 Å². The van der Waals surface area contributed by atoms with Gasteiger partial charge in [-0.15, -0.1) is 0 Å². The van der Waals surface area contributed by atoms with Crippen LogP contribution in [0.25, 0.3) is 0 Å². The minimum Gasteiger partial charge on any atom is -0.478 e. The Kier molecular flexibility index (Phi) is 4.22. The van der Waals surface area contributed by atoms with Gasteiger partial charge in [0.2, 0.25) is 0 Å². The third kappa shape index (κ3) is 3.02. The maximum absolute atomic E-state index is 10.9. The molecule has 0 aromatic heterocycles. The van der Waals surface area contributed by atoms with Crippen molar-refractivity contribution in [1.29, 1.82) is 0 Å². The predicted octanol–water partition coefficient (Wildman–Crippen LogP) is -0.948. The van der Waals surface area contributed by atoms with E-state index < -0.39 is 5.97 Å². The van der Waals surface area contributed by atoms with Gasteiger partial charge in [0.15, 0.2) is 0 Å². The van der Waals surface area contributed by atoms with E-state index in [9.17, 15) is 4.79 Å². The smallest absolute Gasteiger partial charge is 0.335 e. The van der Waals surface area contributed by atoms with E-state index in [-0.39, 0.29) is 6.61 Å². The Morgan fingerprint density at radius 2 is 2.06 bits per heavy atom. The number of piperazine rings is 1. The molecule has 2 rings (SSSR count). The highest BCUT2D eigenvalue weighted by atomic mass is 16.4. The lowest BCUT2D eigenvalue weighted by atomic mass is 10.2. The molecule has 0 amide bonds. The van der Waals surface area contributed by atoms with Crippen LogP contribution in [0.5, 0.6) is 0 Å². The van der Waals surface area contributed by atoms with Crippen LogP contribution in [0.2, 0.25) is 0 Å². The van der Waals surface area contributed by atoms with Crippen LogP contribution in [0, 0.1) is 0 Å². The Labute approximate surface area is 106 Å². The van der Waals surface area contributed by atoms with Crippen LogP contribution in [-0.2, 0) is 4.79 Å². The van der Waals surface area contributed by atoms with Gasteiger partial charge < -0.3 is 20.4 Å². The first-order valence-electron chi connectivity index (χ1n) is 6.18. The molecule has 2 heterocycles. The fourth-order valence-corrected chi connectivity index (χ4v) is 2.23. The van der Waals surface area contributed by atoms with E-state index in [0.29, 0.717) is 18.7 Å². The zero-order valence-electron chi connectivity index (χ0n) is 10.3. The summed E-state index contributed by atoms with van der Waals surface area (Å²) in [6.07, 6.45) is 3.36. The molecule has 3 N–H and O–H groups in total. The lowest BCUT2D eigenvalue weighted by Crippen LogP contribution is -2.49. The van der Waals surface area contributed by atoms with Gasteiger partial charge >= 0.3 is 5.97 Å². The minimum absolute atomic E-state index is 0.187. The van der Waals surface area contributed by atoms with Crippen molar-refractivity contribution in [2.45, 2.75) is 0 Å². The Balaban J connectivity index is 1.93. The maximum Gasteiger partial charge on any atom is 0.335 e. The van der Waals surface area contributed by atoms with Crippen LogP contribution in [0.15, 0.2) is 23.5 Å². The standard InChI is InChI=1S/C12H19N3O3/c16-8-7-14-3-5-15(6-4-14)11-9-10(12(17)18)1-2-13-11/h1,9,13,16H,2-8H2,(H,17,18). The van der Waals surface area contributed by atoms with Crippen molar-refractivity contribution in [2.24, 2.45) is 0 Å². The third-order valence-corrected chi connectivity index (χ3v) is 3.27. The number of hydrogen-bond acceptors (Lipinski definition) is 5. The molecule has 0 aromatic rings. The molecule has 0 aliphatic carbocycles. The molecule has 0 atom stereocenters. The van der Waals surface area contributed by atoms with E-state index >= 15 is 0 Å². The molecule has 0 unspecified atom stereocenters. The van der Waals surface area contributed by atoms with Gasteiger partial charge in [-0.1, -0.05) is 6.08 Å². The van der Waals surface area contributed by atoms with Gasteiger partial charge in [-0.3, -0.25) is 4.90 Å². The fourth-order valence-electron chi connectivity index (χ4n) is 2.23. The van der Waals surface area contributed by atoms with Crippen molar-refractivity contribution in [2.75, 3.05) is 45.9 Å². The van der Waals surface area contributed by atoms with Crippen molar-refractivity contribution in [3.63, 3.8) is 0 Å². The maximum atomic E-state index is 10.9. The third-order valence-electron chi connectivity index (χ3n) is 3.27. The number of nitrogens with one attached hydrogen (secondary N) is 1. The van der Waals surface area contributed by atoms with Crippen molar-refractivity contribution in [3.8, 4) is 0 Å². The Morgan fingerprint density at radius 1 is 1.33 bits per heavy atom. The molecule has 0 bridgehead atoms. The number of carbonyl (C=O) groups is 1. The zero-order chi connectivity index (χ0) is 13.0. The molecular formula is C12H19N3O3. The first-order valence-corrected chi connectivity index (χ1v) is 6.18. The van der Waals surface area contributed by atoms with E-state index in [1.165, 1.54) is 0 Å². The molecule has 1 fully saturated rings. The lowest BCUT2D eigenvalue weighted by Gasteiger charge is -2.37. The number of aliphatic carboxylic acids is 1. The van der Waals surface area contributed by atoms with Gasteiger partial charge in [0.05, 0.1) is 12.2 Å². The number of hydrogen-bond donors (Lipinski definition) is 3. The number of nitrogens with zero attached hydrogens (tertiary/aromatic N) is 2. The first kappa shape index (κ1) is 12.9. The van der Waals surface area contributed by atoms with E-state index in [0.717, 1.165) is 32.0 Å². The summed E-state index contributed by atoms with van der Waals surface area (Å²) >= 11 is 0. The molecule has 6 nitrogen and oxygen atoms in total. The molecule has 0 radical (unpaired) electrons. The highest BCUT2D eigenvalue weighted by Gasteiger charge is 2.20. The highest BCUT2D eigenvalue weighted by Crippen LogP contribution is 2.13. The number of rotatable bonds is 4. The van der Waals surface area contributed by atoms with Gasteiger partial charge in [-0.25, -0.2) is 4.79 Å². The average Bonchev–Trinajstić information content (AvgIpc) is 2.40. The monoisotopic (exact) mass is 253 g/mol. The number of aliphatic hydroxyl groups is 1. The summed E-state index contributed by atoms with van der Waals surface area (Å²) < 4.78 is 0. The number of β-amino-alcohol motifs (C(OH)–C–C–N with tert-alkyl or cyclic N) is 1. The molecular weight excluding hydrogens is 234 g/mol. The molecule has 2 aliphatic rings. The van der Waals surface area contributed by atoms with Gasteiger partial charge in [-0.05, 0) is 6.08 Å². The average molecular weight is 253 g/mol. The Hall–Kier alpha value is -1.53. The summed E-state index contributed by atoms with van der Waals surface area (Å²) in [7, 11) is 0. The van der Waals surface area contributed by atoms with Gasteiger partial charge in [-0.2, -0.15) is 0 Å². The second-order valence-electron chi connectivity index (χ2n) is 4.43. The Bertz CT molecular complexity index is 371. The number of carboxylic acid groups (broad SMARTS) is 1. The summed E-state index contributed by atoms with van der Waals surface area (Å²) in [6.45, 7) is 4.95. The van der Waals surface area contributed by atoms with Crippen LogP contribution in [0.3, 0.4) is 0 Å². The molecule has 0 saturated carbocycles. The second-order valence-corrected chi connectivity index (χ2v) is 4.43. The van der Waals surface area contributed by atoms with Crippen LogP contribution in [0.4, 0.5) is 0 Å². The summed E-state index contributed by atoms with van der Waals surface area (Å²) in [4.78, 5) is 15.3. The fraction of sp³-hybridized carbons (Fsp3) is 0.583. The van der Waals surface area contributed by atoms with Crippen molar-refractivity contribution in [1.82, 2.24) is 15.1 Å². The highest BCUT2D eigenvalue weighted by molar-refractivity contribution is 5.90. The van der Waals surface area contributed by atoms with Crippen LogP contribution < -0.4 is 5.32 Å². The van der Waals surface area contributed by atoms with E-state index in [1.807, 2.05) is 0 Å². The summed E-state index contributed by atoms with van der Waals surface area (Å²) in [5, 5.41) is 21.0. The summed E-state index contributed by atoms with van der Waals surface area (Å²) in [6, 6.07) is 0. The molecule has 0 spiro atoms. The quantitative estimate of drug-likeness (QED) is 0.600. The van der Waals surface area contributed by atoms with Crippen LogP contribution in [-0.4, -0.2) is 71.9 Å². The molecule has 1 saturated heterocycles. The topological polar surface area (TPSA) is 76.0 Å². The molecule has 100 valence electrons. The van der Waals surface area contributed by atoms with E-state index in [1.54, 1.807) is 12.2 Å². The number of aliphatic hydroxyl groups excluding tert-OH is 1. The predicted molar refractivity (Wildman–Crippen MR) is 66.9 cm³/mol. The van der Waals surface area contributed by atoms with Crippen molar-refractivity contribution < 1.29 is 15.0 Å². The van der Waals surface area contributed by atoms with E-state index in [2.05, 4.69) is 15.1 Å². The van der Waals surface area contributed by atoms with Crippen LogP contribution in [0.1, 0.15) is 0 Å². The molecule has 6 heteroatoms. The number of dihydropyridines is 1. The SMILES string of the molecule is O=C(O)C1=CCNC(N2CCN(CCO)CC2)=C1. The summed E-state index contributed by atoms with van der Waals surface area (Å²) in [5.41, 5.74) is 0.349. The zero-order valence-corrected chi connectivity index (χ0v) is 10.3. The molecule has 18 heavy (non-hydrogen) atoms.